The fourth-order valence-electron chi connectivity index (χ4n) is 2.05. The third-order valence-corrected chi connectivity index (χ3v) is 3.15. The second kappa shape index (κ2) is 5.87. The Morgan fingerprint density at radius 1 is 1.38 bits per heavy atom. The van der Waals surface area contributed by atoms with Crippen molar-refractivity contribution < 1.29 is 23.5 Å². The molecule has 0 aromatic carbocycles. The number of amides is 1. The Labute approximate surface area is 121 Å². The topological polar surface area (TPSA) is 92.7 Å². The summed E-state index contributed by atoms with van der Waals surface area (Å²) in [5.74, 6) is -0.263. The van der Waals surface area contributed by atoms with Crippen molar-refractivity contribution in [2.75, 3.05) is 0 Å². The van der Waals surface area contributed by atoms with E-state index in [1.54, 1.807) is 13.0 Å². The van der Waals surface area contributed by atoms with Gasteiger partial charge in [-0.2, -0.15) is 0 Å². The van der Waals surface area contributed by atoms with Gasteiger partial charge < -0.3 is 19.3 Å². The van der Waals surface area contributed by atoms with Crippen molar-refractivity contribution in [1.29, 1.82) is 0 Å². The summed E-state index contributed by atoms with van der Waals surface area (Å²) in [4.78, 5) is 23.0. The van der Waals surface area contributed by atoms with Crippen LogP contribution in [0, 0.1) is 6.92 Å². The fourth-order valence-corrected chi connectivity index (χ4v) is 2.05. The largest absolute Gasteiger partial charge is 0.478 e. The van der Waals surface area contributed by atoms with Crippen LogP contribution >= 0.6 is 0 Å². The van der Waals surface area contributed by atoms with E-state index in [1.807, 2.05) is 13.8 Å². The molecule has 2 aromatic heterocycles. The van der Waals surface area contributed by atoms with Crippen molar-refractivity contribution in [1.82, 2.24) is 5.32 Å². The minimum atomic E-state index is -1.05. The van der Waals surface area contributed by atoms with Crippen LogP contribution in [0.3, 0.4) is 0 Å². The van der Waals surface area contributed by atoms with E-state index < -0.39 is 5.97 Å². The molecule has 112 valence electrons. The molecule has 0 aliphatic rings. The van der Waals surface area contributed by atoms with E-state index in [0.717, 1.165) is 5.56 Å². The van der Waals surface area contributed by atoms with E-state index in [1.165, 1.54) is 12.3 Å². The van der Waals surface area contributed by atoms with E-state index in [-0.39, 0.29) is 29.7 Å². The van der Waals surface area contributed by atoms with Crippen molar-refractivity contribution in [3.8, 4) is 0 Å². The molecule has 2 rings (SSSR count). The van der Waals surface area contributed by atoms with Crippen LogP contribution in [0.25, 0.3) is 0 Å². The summed E-state index contributed by atoms with van der Waals surface area (Å²) < 4.78 is 10.5. The van der Waals surface area contributed by atoms with Gasteiger partial charge in [0.15, 0.2) is 5.76 Å². The first kappa shape index (κ1) is 14.9. The highest BCUT2D eigenvalue weighted by molar-refractivity contribution is 5.93. The van der Waals surface area contributed by atoms with E-state index in [9.17, 15) is 9.59 Å². The molecule has 0 saturated carbocycles. The van der Waals surface area contributed by atoms with Crippen LogP contribution in [-0.2, 0) is 6.54 Å². The average molecular weight is 291 g/mol. The minimum Gasteiger partial charge on any atom is -0.478 e. The minimum absolute atomic E-state index is 0.0973. The number of rotatable bonds is 5. The Morgan fingerprint density at radius 3 is 2.67 bits per heavy atom. The molecule has 2 aromatic rings. The Hall–Kier alpha value is -2.50. The van der Waals surface area contributed by atoms with Crippen LogP contribution in [0.2, 0.25) is 0 Å². The first-order chi connectivity index (χ1) is 9.90. The maximum absolute atomic E-state index is 12.1. The zero-order valence-electron chi connectivity index (χ0n) is 12.1. The number of carboxylic acids is 1. The first-order valence-electron chi connectivity index (χ1n) is 6.58. The third kappa shape index (κ3) is 3.16. The second-order valence-corrected chi connectivity index (χ2v) is 5.03. The standard InChI is InChI=1S/C15H17NO5/c1-8(2)11-4-5-20-13(11)14(17)16-7-10-6-12(15(18)19)9(3)21-10/h4-6,8H,7H2,1-3H3,(H,16,17)(H,18,19). The number of nitrogens with one attached hydrogen (secondary N) is 1. The van der Waals surface area contributed by atoms with Gasteiger partial charge in [-0.15, -0.1) is 0 Å². The molecule has 6 heteroatoms. The molecule has 0 atom stereocenters. The van der Waals surface area contributed by atoms with E-state index in [4.69, 9.17) is 13.9 Å². The number of hydrogen-bond acceptors (Lipinski definition) is 4. The van der Waals surface area contributed by atoms with Crippen LogP contribution in [0.5, 0.6) is 0 Å². The summed E-state index contributed by atoms with van der Waals surface area (Å²) in [7, 11) is 0. The molecule has 0 unspecified atom stereocenters. The molecule has 0 spiro atoms. The first-order valence-corrected chi connectivity index (χ1v) is 6.58. The van der Waals surface area contributed by atoms with Gasteiger partial charge in [0.1, 0.15) is 17.1 Å². The average Bonchev–Trinajstić information content (AvgIpc) is 3.02. The highest BCUT2D eigenvalue weighted by atomic mass is 16.4. The third-order valence-electron chi connectivity index (χ3n) is 3.15. The van der Waals surface area contributed by atoms with Crippen LogP contribution in [-0.4, -0.2) is 17.0 Å². The van der Waals surface area contributed by atoms with E-state index in [0.29, 0.717) is 11.5 Å². The molecular weight excluding hydrogens is 274 g/mol. The molecule has 0 saturated heterocycles. The van der Waals surface area contributed by atoms with Crippen molar-refractivity contribution >= 4 is 11.9 Å². The molecule has 0 bridgehead atoms. The summed E-state index contributed by atoms with van der Waals surface area (Å²) in [6, 6.07) is 3.17. The maximum atomic E-state index is 12.1. The van der Waals surface area contributed by atoms with E-state index >= 15 is 0 Å². The Balaban J connectivity index is 2.06. The van der Waals surface area contributed by atoms with Gasteiger partial charge in [0.2, 0.25) is 0 Å². The van der Waals surface area contributed by atoms with Gasteiger partial charge in [-0.3, -0.25) is 4.79 Å². The zero-order valence-corrected chi connectivity index (χ0v) is 12.1. The Morgan fingerprint density at radius 2 is 2.10 bits per heavy atom. The SMILES string of the molecule is Cc1oc(CNC(=O)c2occc2C(C)C)cc1C(=O)O. The van der Waals surface area contributed by atoms with Crippen LogP contribution in [0.4, 0.5) is 0 Å². The predicted octanol–water partition coefficient (Wildman–Crippen LogP) is 2.93. The summed E-state index contributed by atoms with van der Waals surface area (Å²) >= 11 is 0. The quantitative estimate of drug-likeness (QED) is 0.883. The number of carbonyl (C=O) groups excluding carboxylic acids is 1. The lowest BCUT2D eigenvalue weighted by molar-refractivity contribution is 0.0694. The lowest BCUT2D eigenvalue weighted by atomic mass is 10.0. The highest BCUT2D eigenvalue weighted by Crippen LogP contribution is 2.20. The summed E-state index contributed by atoms with van der Waals surface area (Å²) in [5, 5.41) is 11.6. The van der Waals surface area contributed by atoms with E-state index in [2.05, 4.69) is 5.32 Å². The molecule has 21 heavy (non-hydrogen) atoms. The van der Waals surface area contributed by atoms with Gasteiger partial charge in [0.05, 0.1) is 12.8 Å². The smallest absolute Gasteiger partial charge is 0.339 e. The number of hydrogen-bond donors (Lipinski definition) is 2. The van der Waals surface area contributed by atoms with Gasteiger partial charge in [-0.1, -0.05) is 13.8 Å². The van der Waals surface area contributed by atoms with Gasteiger partial charge in [-0.25, -0.2) is 4.79 Å². The van der Waals surface area contributed by atoms with Crippen molar-refractivity contribution in [2.24, 2.45) is 0 Å². The van der Waals surface area contributed by atoms with Crippen molar-refractivity contribution in [2.45, 2.75) is 33.2 Å². The Kier molecular flexibility index (Phi) is 4.16. The molecule has 6 nitrogen and oxygen atoms in total. The van der Waals surface area contributed by atoms with Gasteiger partial charge in [-0.05, 0) is 25.0 Å². The Bertz CT molecular complexity index is 665. The molecule has 2 heterocycles. The molecule has 0 aliphatic carbocycles. The lowest BCUT2D eigenvalue weighted by Gasteiger charge is -2.05. The lowest BCUT2D eigenvalue weighted by Crippen LogP contribution is -2.23. The fraction of sp³-hybridized carbons (Fsp3) is 0.333. The molecular formula is C15H17NO5. The van der Waals surface area contributed by atoms with Crippen LogP contribution in [0.1, 0.15) is 57.8 Å². The zero-order chi connectivity index (χ0) is 15.6. The number of aryl methyl sites for hydroxylation is 1. The molecule has 0 fully saturated rings. The summed E-state index contributed by atoms with van der Waals surface area (Å²) in [5.41, 5.74) is 0.925. The summed E-state index contributed by atoms with van der Waals surface area (Å²) in [6.45, 7) is 5.61. The highest BCUT2D eigenvalue weighted by Gasteiger charge is 2.19. The van der Waals surface area contributed by atoms with Crippen molar-refractivity contribution in [3.05, 3.63) is 46.8 Å². The maximum Gasteiger partial charge on any atom is 0.339 e. The number of carboxylic acid groups (broad SMARTS) is 1. The normalized spacial score (nSPS) is 10.9. The monoisotopic (exact) mass is 291 g/mol. The molecule has 0 radical (unpaired) electrons. The van der Waals surface area contributed by atoms with Gasteiger partial charge >= 0.3 is 5.97 Å². The molecule has 1 amide bonds. The van der Waals surface area contributed by atoms with Gasteiger partial charge in [0, 0.05) is 5.56 Å². The molecule has 2 N–H and O–H groups in total. The van der Waals surface area contributed by atoms with Crippen LogP contribution in [0.15, 0.2) is 27.2 Å². The predicted molar refractivity (Wildman–Crippen MR) is 74.4 cm³/mol. The van der Waals surface area contributed by atoms with Crippen molar-refractivity contribution in [3.63, 3.8) is 0 Å². The number of aromatic carboxylic acids is 1. The summed E-state index contributed by atoms with van der Waals surface area (Å²) in [6.07, 6.45) is 1.48. The number of carbonyl (C=O) groups is 2. The second-order valence-electron chi connectivity index (χ2n) is 5.03. The molecule has 0 aliphatic heterocycles. The van der Waals surface area contributed by atoms with Gasteiger partial charge in [0.25, 0.3) is 5.91 Å². The number of furan rings is 2. The van der Waals surface area contributed by atoms with Crippen LogP contribution < -0.4 is 5.32 Å².